The van der Waals surface area contributed by atoms with E-state index in [-0.39, 0.29) is 19.3 Å². The van der Waals surface area contributed by atoms with E-state index in [0.717, 1.165) is 19.3 Å². The lowest BCUT2D eigenvalue weighted by Gasteiger charge is -2.39. The van der Waals surface area contributed by atoms with Crippen molar-refractivity contribution in [2.75, 3.05) is 26.3 Å². The number of hydrogen-bond donors (Lipinski definition) is 0. The zero-order valence-electron chi connectivity index (χ0n) is 18.2. The Labute approximate surface area is 170 Å². The van der Waals surface area contributed by atoms with Crippen molar-refractivity contribution >= 4 is 13.9 Å². The van der Waals surface area contributed by atoms with E-state index in [4.69, 9.17) is 18.3 Å². The van der Waals surface area contributed by atoms with E-state index < -0.39 is 19.0 Å². The minimum atomic E-state index is -3.72. The van der Waals surface area contributed by atoms with Crippen LogP contribution in [-0.4, -0.2) is 48.5 Å². The second-order valence-corrected chi connectivity index (χ2v) is 9.33. The van der Waals surface area contributed by atoms with Crippen LogP contribution in [0.1, 0.15) is 73.6 Å². The summed E-state index contributed by atoms with van der Waals surface area (Å²) in [5.74, 6) is 6.31. The Kier molecular flexibility index (Phi) is 10.00. The molecule has 0 aromatic carbocycles. The summed E-state index contributed by atoms with van der Waals surface area (Å²) in [4.78, 5) is 14.0. The fraction of sp³-hybridized carbons (Fsp3) is 0.850. The average Bonchev–Trinajstić information content (AvgIpc) is 2.58. The van der Waals surface area contributed by atoms with Crippen LogP contribution in [0, 0.1) is 11.8 Å². The molecule has 0 unspecified atom stereocenters. The van der Waals surface area contributed by atoms with Gasteiger partial charge in [0, 0.05) is 32.4 Å². The Hall–Kier alpha value is -1.06. The molecule has 1 heterocycles. The molecule has 1 rings (SSSR count). The Balaban J connectivity index is 2.94. The highest BCUT2D eigenvalue weighted by Crippen LogP contribution is 2.54. The van der Waals surface area contributed by atoms with Gasteiger partial charge < -0.3 is 9.64 Å². The zero-order chi connectivity index (χ0) is 21.3. The topological polar surface area (TPSA) is 74.3 Å². The van der Waals surface area contributed by atoms with E-state index in [1.54, 1.807) is 18.7 Å². The van der Waals surface area contributed by atoms with E-state index in [9.17, 15) is 9.36 Å². The first kappa shape index (κ1) is 25.0. The molecular formula is C20H36NO6P. The minimum Gasteiger partial charge on any atom is -0.444 e. The molecule has 0 spiro atoms. The van der Waals surface area contributed by atoms with E-state index in [0.29, 0.717) is 25.9 Å². The van der Waals surface area contributed by atoms with Crippen LogP contribution in [0.4, 0.5) is 4.79 Å². The number of likely N-dealkylation sites (tertiary alicyclic amines) is 1. The van der Waals surface area contributed by atoms with Crippen molar-refractivity contribution in [3.63, 3.8) is 0 Å². The molecule has 0 aromatic heterocycles. The van der Waals surface area contributed by atoms with Crippen LogP contribution in [0.5, 0.6) is 0 Å². The third kappa shape index (κ3) is 8.53. The maximum Gasteiger partial charge on any atom is 0.476 e. The second-order valence-electron chi connectivity index (χ2n) is 7.74. The quantitative estimate of drug-likeness (QED) is 0.309. The van der Waals surface area contributed by atoms with Gasteiger partial charge in [0.1, 0.15) is 11.2 Å². The highest BCUT2D eigenvalue weighted by molar-refractivity contribution is 7.48. The average molecular weight is 417 g/mol. The monoisotopic (exact) mass is 417 g/mol. The van der Waals surface area contributed by atoms with Crippen LogP contribution in [0.2, 0.25) is 0 Å². The summed E-state index contributed by atoms with van der Waals surface area (Å²) in [5, 5.41) is 0. The van der Waals surface area contributed by atoms with Crippen LogP contribution >= 0.6 is 7.82 Å². The summed E-state index contributed by atoms with van der Waals surface area (Å²) < 4.78 is 34.9. The van der Waals surface area contributed by atoms with Gasteiger partial charge in [0.25, 0.3) is 0 Å². The van der Waals surface area contributed by atoms with Crippen LogP contribution in [0.15, 0.2) is 0 Å². The molecule has 162 valence electrons. The van der Waals surface area contributed by atoms with Crippen molar-refractivity contribution in [3.05, 3.63) is 0 Å². The number of amides is 1. The molecule has 0 saturated carbocycles. The van der Waals surface area contributed by atoms with Gasteiger partial charge in [-0.1, -0.05) is 19.3 Å². The highest BCUT2D eigenvalue weighted by Gasteiger charge is 2.43. The maximum atomic E-state index is 12.9. The summed E-state index contributed by atoms with van der Waals surface area (Å²) >= 11 is 0. The summed E-state index contributed by atoms with van der Waals surface area (Å²) in [5.41, 5.74) is -1.52. The number of carbonyl (C=O) groups excluding carboxylic acids is 1. The van der Waals surface area contributed by atoms with Crippen molar-refractivity contribution in [1.82, 2.24) is 4.90 Å². The summed E-state index contributed by atoms with van der Waals surface area (Å²) in [6, 6.07) is 0. The lowest BCUT2D eigenvalue weighted by atomic mass is 9.92. The Morgan fingerprint density at radius 3 is 2.14 bits per heavy atom. The molecule has 0 bridgehead atoms. The number of rotatable bonds is 8. The summed E-state index contributed by atoms with van der Waals surface area (Å²) in [6.07, 6.45) is 3.24. The fourth-order valence-electron chi connectivity index (χ4n) is 2.73. The van der Waals surface area contributed by atoms with E-state index in [1.165, 1.54) is 0 Å². The van der Waals surface area contributed by atoms with Gasteiger partial charge in [-0.05, 0) is 41.0 Å². The van der Waals surface area contributed by atoms with E-state index in [1.807, 2.05) is 20.8 Å². The Bertz CT molecular complexity index is 586. The number of hydrogen-bond acceptors (Lipinski definition) is 6. The van der Waals surface area contributed by atoms with Crippen LogP contribution in [-0.2, 0) is 22.9 Å². The van der Waals surface area contributed by atoms with Crippen molar-refractivity contribution in [3.8, 4) is 11.8 Å². The van der Waals surface area contributed by atoms with Gasteiger partial charge in [0.2, 0.25) is 0 Å². The number of carbonyl (C=O) groups is 1. The van der Waals surface area contributed by atoms with Gasteiger partial charge >= 0.3 is 13.9 Å². The van der Waals surface area contributed by atoms with E-state index in [2.05, 4.69) is 18.8 Å². The number of nitrogens with zero attached hydrogens (tertiary/aromatic N) is 1. The minimum absolute atomic E-state index is 0.209. The molecule has 0 radical (unpaired) electrons. The van der Waals surface area contributed by atoms with Gasteiger partial charge in [0.05, 0.1) is 13.2 Å². The third-order valence-electron chi connectivity index (χ3n) is 4.06. The maximum absolute atomic E-state index is 12.9. The standard InChI is InChI=1S/C20H36NO6P/c1-7-10-11-12-13-20(27-28(23,24-8-2)25-9-3)14-16-21(17-15-20)18(22)26-19(4,5)6/h7-11,14-17H2,1-6H3. The molecule has 0 N–H and O–H groups in total. The van der Waals surface area contributed by atoms with Gasteiger partial charge in [-0.2, -0.15) is 0 Å². The SMILES string of the molecule is CCCCC#CC1(OP(=O)(OCC)OCC)CCN(C(=O)OC(C)(C)C)CC1. The molecular weight excluding hydrogens is 381 g/mol. The molecule has 1 aliphatic rings. The van der Waals surface area contributed by atoms with Gasteiger partial charge in [-0.15, -0.1) is 5.92 Å². The number of phosphoric ester groups is 1. The van der Waals surface area contributed by atoms with Crippen LogP contribution in [0.3, 0.4) is 0 Å². The molecule has 1 aliphatic heterocycles. The van der Waals surface area contributed by atoms with Crippen LogP contribution in [0.25, 0.3) is 0 Å². The first-order valence-corrected chi connectivity index (χ1v) is 11.6. The van der Waals surface area contributed by atoms with Crippen molar-refractivity contribution < 1.29 is 27.7 Å². The highest BCUT2D eigenvalue weighted by atomic mass is 31.2. The number of ether oxygens (including phenoxy) is 1. The predicted molar refractivity (Wildman–Crippen MR) is 109 cm³/mol. The van der Waals surface area contributed by atoms with Crippen molar-refractivity contribution in [1.29, 1.82) is 0 Å². The van der Waals surface area contributed by atoms with Gasteiger partial charge in [-0.25, -0.2) is 9.36 Å². The number of unbranched alkanes of at least 4 members (excludes halogenated alkanes) is 2. The molecule has 1 fully saturated rings. The molecule has 7 nitrogen and oxygen atoms in total. The number of phosphoric acid groups is 1. The molecule has 8 heteroatoms. The van der Waals surface area contributed by atoms with Crippen LogP contribution < -0.4 is 0 Å². The zero-order valence-corrected chi connectivity index (χ0v) is 19.1. The normalized spacial score (nSPS) is 17.0. The molecule has 0 atom stereocenters. The molecule has 0 aromatic rings. The Morgan fingerprint density at radius 1 is 1.11 bits per heavy atom. The summed E-state index contributed by atoms with van der Waals surface area (Å²) in [7, 11) is -3.72. The smallest absolute Gasteiger partial charge is 0.444 e. The summed E-state index contributed by atoms with van der Waals surface area (Å²) in [6.45, 7) is 12.3. The predicted octanol–water partition coefficient (Wildman–Crippen LogP) is 5.15. The number of piperidine rings is 1. The van der Waals surface area contributed by atoms with Gasteiger partial charge in [-0.3, -0.25) is 13.6 Å². The third-order valence-corrected chi connectivity index (χ3v) is 5.78. The lowest BCUT2D eigenvalue weighted by molar-refractivity contribution is -0.0118. The lowest BCUT2D eigenvalue weighted by Crippen LogP contribution is -2.48. The second kappa shape index (κ2) is 11.2. The largest absolute Gasteiger partial charge is 0.476 e. The molecule has 0 aliphatic carbocycles. The van der Waals surface area contributed by atoms with Crippen molar-refractivity contribution in [2.24, 2.45) is 0 Å². The molecule has 1 saturated heterocycles. The first-order valence-electron chi connectivity index (χ1n) is 10.2. The first-order chi connectivity index (χ1) is 13.1. The fourth-order valence-corrected chi connectivity index (χ4v) is 4.19. The molecule has 28 heavy (non-hydrogen) atoms. The Morgan fingerprint density at radius 2 is 1.68 bits per heavy atom. The van der Waals surface area contributed by atoms with Gasteiger partial charge in [0.15, 0.2) is 0 Å². The van der Waals surface area contributed by atoms with E-state index >= 15 is 0 Å². The molecule has 1 amide bonds. The van der Waals surface area contributed by atoms with Crippen molar-refractivity contribution in [2.45, 2.75) is 84.8 Å².